The van der Waals surface area contributed by atoms with Crippen LogP contribution in [0.4, 0.5) is 0 Å². The topological polar surface area (TPSA) is 142 Å². The lowest BCUT2D eigenvalue weighted by Gasteiger charge is -2.21. The second-order valence-corrected chi connectivity index (χ2v) is 10.2. The maximum atomic E-state index is 11.8. The first kappa shape index (κ1) is 26.8. The lowest BCUT2D eigenvalue weighted by Crippen LogP contribution is -2.10. The zero-order chi connectivity index (χ0) is 27.6. The molecule has 3 heterocycles. The molecule has 0 atom stereocenters. The van der Waals surface area contributed by atoms with Gasteiger partial charge in [0.25, 0.3) is 0 Å². The summed E-state index contributed by atoms with van der Waals surface area (Å²) in [4.78, 5) is 21.2. The van der Waals surface area contributed by atoms with Crippen LogP contribution in [0, 0.1) is 12.3 Å². The average molecular weight is 513 g/mol. The van der Waals surface area contributed by atoms with E-state index in [0.29, 0.717) is 23.4 Å². The number of carbonyl (C=O) groups is 1. The first-order chi connectivity index (χ1) is 18.0. The Labute approximate surface area is 221 Å². The van der Waals surface area contributed by atoms with Crippen LogP contribution in [0.5, 0.6) is 5.75 Å². The fourth-order valence-corrected chi connectivity index (χ4v) is 4.61. The molecule has 5 rings (SSSR count). The van der Waals surface area contributed by atoms with Gasteiger partial charge in [-0.05, 0) is 80.3 Å². The number of ether oxygens (including phenoxy) is 1. The molecule has 0 spiro atoms. The Hall–Kier alpha value is -4.30. The molecular weight excluding hydrogens is 480 g/mol. The first-order valence-corrected chi connectivity index (χ1v) is 12.4. The highest BCUT2D eigenvalue weighted by Crippen LogP contribution is 2.42. The maximum absolute atomic E-state index is 11.8. The fourth-order valence-electron chi connectivity index (χ4n) is 4.61. The molecule has 8 nitrogen and oxygen atoms in total. The fraction of sp³-hybridized carbons (Fsp3) is 0.267. The van der Waals surface area contributed by atoms with Gasteiger partial charge in [-0.15, -0.1) is 0 Å². The van der Waals surface area contributed by atoms with Gasteiger partial charge in [0.1, 0.15) is 5.75 Å². The standard InChI is InChI=1S/C26H22N4O3.C4H10O/c1-14-10-21-17(2-4-20(30-21)16(12-27)13-28)25(19(14)11-23(31)32)18-3-5-22-24-15(7-9-33-22)6-8-29-26(18)24;1-4(2,3)5/h2-6,8,10,12-13,27H,7,9,11,28H2,1H3,(H,31,32);5H,1-3H3/b16-13+,27-12?;. The quantitative estimate of drug-likeness (QED) is 0.274. The number of aryl methyl sites for hydroxylation is 1. The predicted molar refractivity (Wildman–Crippen MR) is 151 cm³/mol. The molecule has 1 aliphatic rings. The van der Waals surface area contributed by atoms with Gasteiger partial charge in [0, 0.05) is 46.9 Å². The summed E-state index contributed by atoms with van der Waals surface area (Å²) in [6.07, 6.45) is 4.99. The third kappa shape index (κ3) is 5.50. The molecule has 8 heteroatoms. The van der Waals surface area contributed by atoms with Crippen molar-refractivity contribution in [3.05, 3.63) is 71.2 Å². The molecule has 1 aliphatic heterocycles. The van der Waals surface area contributed by atoms with Crippen molar-refractivity contribution in [2.24, 2.45) is 5.73 Å². The molecule has 4 aromatic rings. The molecule has 0 fully saturated rings. The van der Waals surface area contributed by atoms with Gasteiger partial charge in [0.2, 0.25) is 0 Å². The maximum Gasteiger partial charge on any atom is 0.307 e. The number of benzene rings is 2. The number of hydrogen-bond donors (Lipinski definition) is 4. The van der Waals surface area contributed by atoms with Gasteiger partial charge in [-0.25, -0.2) is 4.98 Å². The number of aliphatic carboxylic acids is 1. The highest BCUT2D eigenvalue weighted by atomic mass is 16.5. The minimum Gasteiger partial charge on any atom is -0.493 e. The summed E-state index contributed by atoms with van der Waals surface area (Å²) < 4.78 is 5.87. The van der Waals surface area contributed by atoms with E-state index in [4.69, 9.17) is 26.0 Å². The molecule has 0 saturated heterocycles. The molecule has 38 heavy (non-hydrogen) atoms. The predicted octanol–water partition coefficient (Wildman–Crippen LogP) is 5.05. The van der Waals surface area contributed by atoms with Gasteiger partial charge in [-0.2, -0.15) is 0 Å². The van der Waals surface area contributed by atoms with Gasteiger partial charge in [0.15, 0.2) is 0 Å². The van der Waals surface area contributed by atoms with Crippen molar-refractivity contribution < 1.29 is 19.7 Å². The van der Waals surface area contributed by atoms with Crippen molar-refractivity contribution in [3.8, 4) is 16.9 Å². The normalized spacial score (nSPS) is 13.0. The molecule has 0 aliphatic carbocycles. The number of nitrogens with zero attached hydrogens (tertiary/aromatic N) is 2. The van der Waals surface area contributed by atoms with Gasteiger partial charge in [0.05, 0.1) is 35.4 Å². The Bertz CT molecular complexity index is 1570. The summed E-state index contributed by atoms with van der Waals surface area (Å²) in [7, 11) is 0. The zero-order valence-corrected chi connectivity index (χ0v) is 22.0. The van der Waals surface area contributed by atoms with Crippen molar-refractivity contribution in [1.29, 1.82) is 5.41 Å². The Morgan fingerprint density at radius 1 is 1.21 bits per heavy atom. The molecule has 5 N–H and O–H groups in total. The summed E-state index contributed by atoms with van der Waals surface area (Å²) in [5.41, 5.74) is 12.1. The van der Waals surface area contributed by atoms with Gasteiger partial charge in [-0.1, -0.05) is 6.07 Å². The molecule has 0 radical (unpaired) electrons. The number of rotatable bonds is 5. The van der Waals surface area contributed by atoms with Crippen LogP contribution < -0.4 is 10.5 Å². The largest absolute Gasteiger partial charge is 0.493 e. The van der Waals surface area contributed by atoms with Crippen molar-refractivity contribution in [3.63, 3.8) is 0 Å². The van der Waals surface area contributed by atoms with Crippen LogP contribution in [0.2, 0.25) is 0 Å². The summed E-state index contributed by atoms with van der Waals surface area (Å²) in [5, 5.41) is 27.6. The van der Waals surface area contributed by atoms with Gasteiger partial charge in [-0.3, -0.25) is 9.78 Å². The minimum atomic E-state index is -0.903. The number of pyridine rings is 2. The number of aromatic nitrogens is 2. The number of nitrogens with one attached hydrogen (secondary N) is 1. The second kappa shape index (κ2) is 10.6. The van der Waals surface area contributed by atoms with Gasteiger partial charge >= 0.3 is 5.97 Å². The molecular formula is C30H32N4O4. The van der Waals surface area contributed by atoms with E-state index in [9.17, 15) is 9.90 Å². The zero-order valence-electron chi connectivity index (χ0n) is 22.0. The monoisotopic (exact) mass is 512 g/mol. The minimum absolute atomic E-state index is 0.118. The number of hydrogen-bond acceptors (Lipinski definition) is 7. The van der Waals surface area contributed by atoms with Crippen molar-refractivity contribution >= 4 is 39.6 Å². The number of allylic oxidation sites excluding steroid dienone is 1. The lowest BCUT2D eigenvalue weighted by molar-refractivity contribution is -0.136. The van der Waals surface area contributed by atoms with Crippen LogP contribution in [0.25, 0.3) is 38.5 Å². The first-order valence-electron chi connectivity index (χ1n) is 12.4. The Balaban J connectivity index is 0.000000617. The Morgan fingerprint density at radius 3 is 2.61 bits per heavy atom. The van der Waals surface area contributed by atoms with E-state index in [2.05, 4.69) is 4.98 Å². The summed E-state index contributed by atoms with van der Waals surface area (Å²) in [6.45, 7) is 7.75. The van der Waals surface area contributed by atoms with Crippen LogP contribution in [-0.4, -0.2) is 44.6 Å². The smallest absolute Gasteiger partial charge is 0.307 e. The van der Waals surface area contributed by atoms with E-state index < -0.39 is 11.6 Å². The number of carboxylic acids is 1. The van der Waals surface area contributed by atoms with Crippen LogP contribution in [0.1, 0.15) is 43.2 Å². The lowest BCUT2D eigenvalue weighted by atomic mass is 9.87. The molecule has 196 valence electrons. The average Bonchev–Trinajstić information content (AvgIpc) is 2.85. The van der Waals surface area contributed by atoms with E-state index in [0.717, 1.165) is 56.9 Å². The van der Waals surface area contributed by atoms with Crippen molar-refractivity contribution in [2.45, 2.75) is 46.1 Å². The van der Waals surface area contributed by atoms with E-state index in [1.807, 2.05) is 37.3 Å². The molecule has 0 unspecified atom stereocenters. The second-order valence-electron chi connectivity index (χ2n) is 10.2. The molecule has 2 aromatic heterocycles. The highest BCUT2D eigenvalue weighted by molar-refractivity contribution is 6.10. The molecule has 2 aromatic carbocycles. The highest BCUT2D eigenvalue weighted by Gasteiger charge is 2.22. The molecule has 0 saturated carbocycles. The van der Waals surface area contributed by atoms with Crippen molar-refractivity contribution in [1.82, 2.24) is 9.97 Å². The van der Waals surface area contributed by atoms with Crippen LogP contribution in [0.3, 0.4) is 0 Å². The Morgan fingerprint density at radius 2 is 1.95 bits per heavy atom. The number of aliphatic hydroxyl groups is 1. The van der Waals surface area contributed by atoms with Crippen LogP contribution >= 0.6 is 0 Å². The summed E-state index contributed by atoms with van der Waals surface area (Å²) >= 11 is 0. The van der Waals surface area contributed by atoms with E-state index in [-0.39, 0.29) is 6.42 Å². The molecule has 0 amide bonds. The van der Waals surface area contributed by atoms with Crippen LogP contribution in [-0.2, 0) is 17.6 Å². The number of carboxylic acid groups (broad SMARTS) is 1. The van der Waals surface area contributed by atoms with E-state index in [1.165, 1.54) is 11.8 Å². The van der Waals surface area contributed by atoms with Crippen LogP contribution in [0.15, 0.2) is 48.8 Å². The van der Waals surface area contributed by atoms with E-state index >= 15 is 0 Å². The number of fused-ring (bicyclic) bond motifs is 1. The summed E-state index contributed by atoms with van der Waals surface area (Å²) in [5.74, 6) is -0.108. The van der Waals surface area contributed by atoms with Gasteiger partial charge < -0.3 is 26.1 Å². The van der Waals surface area contributed by atoms with Crippen molar-refractivity contribution in [2.75, 3.05) is 6.61 Å². The number of nitrogens with two attached hydrogens (primary N) is 1. The third-order valence-electron chi connectivity index (χ3n) is 6.12. The third-order valence-corrected chi connectivity index (χ3v) is 6.12. The van der Waals surface area contributed by atoms with E-state index in [1.54, 1.807) is 33.0 Å². The Kier molecular flexibility index (Phi) is 7.46. The SMILES string of the molecule is CC(C)(C)O.Cc1cc2nc(/C(C=N)=C/N)ccc2c(-c2ccc3c4c(ccnc24)CCO3)c1CC(=O)O. The molecule has 0 bridgehead atoms. The summed E-state index contributed by atoms with van der Waals surface area (Å²) in [6, 6.07) is 11.5.